The standard InChI is InChI=1S/C15H19NS2/c1-3-16(4-2)10-9-13(14-7-5-11-17-14)15-8-6-12-18-15/h5-9,11-12H,3-4,10H2,1-2H3. The highest BCUT2D eigenvalue weighted by molar-refractivity contribution is 7.13. The summed E-state index contributed by atoms with van der Waals surface area (Å²) in [5.41, 5.74) is 1.38. The van der Waals surface area contributed by atoms with Gasteiger partial charge in [-0.05, 0) is 36.0 Å². The van der Waals surface area contributed by atoms with Gasteiger partial charge < -0.3 is 4.90 Å². The quantitative estimate of drug-likeness (QED) is 0.747. The highest BCUT2D eigenvalue weighted by Crippen LogP contribution is 2.30. The summed E-state index contributed by atoms with van der Waals surface area (Å²) >= 11 is 3.63. The van der Waals surface area contributed by atoms with Crippen LogP contribution in [0.15, 0.2) is 41.1 Å². The predicted molar refractivity (Wildman–Crippen MR) is 83.5 cm³/mol. The summed E-state index contributed by atoms with van der Waals surface area (Å²) in [6.45, 7) is 7.67. The van der Waals surface area contributed by atoms with Crippen LogP contribution in [0, 0.1) is 0 Å². The first kappa shape index (κ1) is 13.5. The molecule has 0 amide bonds. The number of hydrogen-bond acceptors (Lipinski definition) is 3. The average molecular weight is 277 g/mol. The third kappa shape index (κ3) is 3.31. The molecule has 18 heavy (non-hydrogen) atoms. The normalized spacial score (nSPS) is 10.8. The van der Waals surface area contributed by atoms with Gasteiger partial charge >= 0.3 is 0 Å². The van der Waals surface area contributed by atoms with E-state index in [9.17, 15) is 0 Å². The van der Waals surface area contributed by atoms with Crippen molar-refractivity contribution >= 4 is 28.2 Å². The molecular weight excluding hydrogens is 258 g/mol. The molecule has 0 unspecified atom stereocenters. The van der Waals surface area contributed by atoms with Gasteiger partial charge in [0.15, 0.2) is 0 Å². The second-order valence-electron chi connectivity index (χ2n) is 4.06. The summed E-state index contributed by atoms with van der Waals surface area (Å²) in [6.07, 6.45) is 2.37. The fraction of sp³-hybridized carbons (Fsp3) is 0.333. The Morgan fingerprint density at radius 3 is 2.00 bits per heavy atom. The summed E-state index contributed by atoms with van der Waals surface area (Å²) in [5.74, 6) is 0. The summed E-state index contributed by atoms with van der Waals surface area (Å²) < 4.78 is 0. The Bertz CT molecular complexity index is 428. The highest BCUT2D eigenvalue weighted by atomic mass is 32.1. The zero-order valence-electron chi connectivity index (χ0n) is 10.9. The first-order chi connectivity index (χ1) is 8.85. The third-order valence-electron chi connectivity index (χ3n) is 3.02. The molecule has 0 N–H and O–H groups in total. The predicted octanol–water partition coefficient (Wildman–Crippen LogP) is 4.58. The molecule has 0 aliphatic carbocycles. The summed E-state index contributed by atoms with van der Waals surface area (Å²) in [5, 5.41) is 4.29. The van der Waals surface area contributed by atoms with Gasteiger partial charge in [-0.1, -0.05) is 32.1 Å². The van der Waals surface area contributed by atoms with E-state index in [1.165, 1.54) is 15.3 Å². The van der Waals surface area contributed by atoms with Crippen molar-refractivity contribution in [3.05, 3.63) is 50.9 Å². The van der Waals surface area contributed by atoms with Gasteiger partial charge in [0.2, 0.25) is 0 Å². The first-order valence-electron chi connectivity index (χ1n) is 6.35. The zero-order chi connectivity index (χ0) is 12.8. The minimum atomic E-state index is 1.03. The Hall–Kier alpha value is -0.900. The van der Waals surface area contributed by atoms with Crippen molar-refractivity contribution < 1.29 is 0 Å². The van der Waals surface area contributed by atoms with Gasteiger partial charge in [0.1, 0.15) is 0 Å². The minimum Gasteiger partial charge on any atom is -0.300 e. The van der Waals surface area contributed by atoms with Crippen LogP contribution < -0.4 is 0 Å². The van der Waals surface area contributed by atoms with Crippen LogP contribution in [-0.2, 0) is 0 Å². The van der Waals surface area contributed by atoms with Crippen LogP contribution in [0.25, 0.3) is 5.57 Å². The Kier molecular flexibility index (Phi) is 5.17. The van der Waals surface area contributed by atoms with Crippen LogP contribution in [0.3, 0.4) is 0 Å². The number of hydrogen-bond donors (Lipinski definition) is 0. The molecule has 0 fully saturated rings. The molecule has 2 aromatic rings. The van der Waals surface area contributed by atoms with Crippen molar-refractivity contribution in [2.45, 2.75) is 13.8 Å². The van der Waals surface area contributed by atoms with Crippen LogP contribution in [0.1, 0.15) is 23.6 Å². The van der Waals surface area contributed by atoms with Crippen molar-refractivity contribution in [3.63, 3.8) is 0 Å². The molecule has 2 aromatic heterocycles. The largest absolute Gasteiger partial charge is 0.300 e. The summed E-state index contributed by atoms with van der Waals surface area (Å²) in [4.78, 5) is 5.16. The molecule has 3 heteroatoms. The molecule has 0 bridgehead atoms. The number of likely N-dealkylation sites (N-methyl/N-ethyl adjacent to an activating group) is 1. The lowest BCUT2D eigenvalue weighted by Gasteiger charge is -2.16. The van der Waals surface area contributed by atoms with Crippen molar-refractivity contribution in [2.24, 2.45) is 0 Å². The molecule has 0 aliphatic heterocycles. The average Bonchev–Trinajstić information content (AvgIpc) is 3.07. The van der Waals surface area contributed by atoms with E-state index in [2.05, 4.69) is 59.8 Å². The zero-order valence-corrected chi connectivity index (χ0v) is 12.6. The SMILES string of the molecule is CCN(CC)CC=C(c1cccs1)c1cccs1. The molecular formula is C15H19NS2. The van der Waals surface area contributed by atoms with Crippen molar-refractivity contribution in [1.29, 1.82) is 0 Å². The Balaban J connectivity index is 2.23. The van der Waals surface area contributed by atoms with Gasteiger partial charge in [0.05, 0.1) is 0 Å². The number of nitrogens with zero attached hydrogens (tertiary/aromatic N) is 1. The molecule has 2 rings (SSSR count). The Labute approximate surface area is 117 Å². The Morgan fingerprint density at radius 2 is 1.61 bits per heavy atom. The van der Waals surface area contributed by atoms with Crippen molar-refractivity contribution in [1.82, 2.24) is 4.90 Å². The number of rotatable bonds is 6. The first-order valence-corrected chi connectivity index (χ1v) is 8.11. The van der Waals surface area contributed by atoms with Gasteiger partial charge in [0, 0.05) is 21.9 Å². The van der Waals surface area contributed by atoms with E-state index in [-0.39, 0.29) is 0 Å². The van der Waals surface area contributed by atoms with Crippen molar-refractivity contribution in [2.75, 3.05) is 19.6 Å². The van der Waals surface area contributed by atoms with E-state index in [1.54, 1.807) is 0 Å². The van der Waals surface area contributed by atoms with Gasteiger partial charge in [-0.15, -0.1) is 22.7 Å². The molecule has 0 spiro atoms. The van der Waals surface area contributed by atoms with Crippen molar-refractivity contribution in [3.8, 4) is 0 Å². The molecule has 0 saturated heterocycles. The monoisotopic (exact) mass is 277 g/mol. The lowest BCUT2D eigenvalue weighted by molar-refractivity contribution is 0.337. The topological polar surface area (TPSA) is 3.24 Å². The third-order valence-corrected chi connectivity index (χ3v) is 4.83. The van der Waals surface area contributed by atoms with E-state index in [1.807, 2.05) is 22.7 Å². The molecule has 1 nitrogen and oxygen atoms in total. The molecule has 96 valence electrons. The second-order valence-corrected chi connectivity index (χ2v) is 5.95. The lowest BCUT2D eigenvalue weighted by atomic mass is 10.1. The van der Waals surface area contributed by atoms with E-state index < -0.39 is 0 Å². The van der Waals surface area contributed by atoms with E-state index in [0.29, 0.717) is 0 Å². The molecule has 0 aromatic carbocycles. The van der Waals surface area contributed by atoms with Crippen LogP contribution in [0.4, 0.5) is 0 Å². The number of thiophene rings is 2. The summed E-state index contributed by atoms with van der Waals surface area (Å²) in [7, 11) is 0. The van der Waals surface area contributed by atoms with E-state index in [4.69, 9.17) is 0 Å². The minimum absolute atomic E-state index is 1.03. The second kappa shape index (κ2) is 6.88. The molecule has 0 aliphatic rings. The van der Waals surface area contributed by atoms with Crippen LogP contribution in [0.2, 0.25) is 0 Å². The molecule has 0 saturated carbocycles. The van der Waals surface area contributed by atoms with Gasteiger partial charge in [-0.2, -0.15) is 0 Å². The van der Waals surface area contributed by atoms with E-state index in [0.717, 1.165) is 19.6 Å². The molecule has 0 atom stereocenters. The van der Waals surface area contributed by atoms with Gasteiger partial charge in [0.25, 0.3) is 0 Å². The maximum absolute atomic E-state index is 2.43. The smallest absolute Gasteiger partial charge is 0.0354 e. The van der Waals surface area contributed by atoms with Crippen LogP contribution in [0.5, 0.6) is 0 Å². The fourth-order valence-corrected chi connectivity index (χ4v) is 3.52. The maximum Gasteiger partial charge on any atom is 0.0354 e. The van der Waals surface area contributed by atoms with Crippen LogP contribution in [-0.4, -0.2) is 24.5 Å². The van der Waals surface area contributed by atoms with Gasteiger partial charge in [-0.3, -0.25) is 0 Å². The van der Waals surface area contributed by atoms with Crippen LogP contribution >= 0.6 is 22.7 Å². The molecule has 0 radical (unpaired) electrons. The lowest BCUT2D eigenvalue weighted by Crippen LogP contribution is -2.22. The highest BCUT2D eigenvalue weighted by Gasteiger charge is 2.07. The fourth-order valence-electron chi connectivity index (χ4n) is 1.89. The van der Waals surface area contributed by atoms with Gasteiger partial charge in [-0.25, -0.2) is 0 Å². The summed E-state index contributed by atoms with van der Waals surface area (Å²) in [6, 6.07) is 8.66. The maximum atomic E-state index is 2.43. The Morgan fingerprint density at radius 1 is 1.06 bits per heavy atom. The molecule has 2 heterocycles. The van der Waals surface area contributed by atoms with E-state index >= 15 is 0 Å².